The van der Waals surface area contributed by atoms with Crippen LogP contribution >= 0.6 is 0 Å². The average Bonchev–Trinajstić information content (AvgIpc) is 2.60. The minimum absolute atomic E-state index is 0.0483. The van der Waals surface area contributed by atoms with Crippen LogP contribution in [-0.4, -0.2) is 34.9 Å². The van der Waals surface area contributed by atoms with E-state index in [0.717, 1.165) is 0 Å². The zero-order valence-electron chi connectivity index (χ0n) is 16.7. The van der Waals surface area contributed by atoms with Gasteiger partial charge in [0.2, 0.25) is 0 Å². The summed E-state index contributed by atoms with van der Waals surface area (Å²) in [5.41, 5.74) is -1.53. The second kappa shape index (κ2) is 8.29. The van der Waals surface area contributed by atoms with Gasteiger partial charge in [0.1, 0.15) is 17.6 Å². The second-order valence-corrected chi connectivity index (χ2v) is 7.93. The Morgan fingerprint density at radius 2 is 1.64 bits per heavy atom. The maximum absolute atomic E-state index is 12.9. The van der Waals surface area contributed by atoms with Gasteiger partial charge in [0.05, 0.1) is 11.3 Å². The van der Waals surface area contributed by atoms with Crippen molar-refractivity contribution in [3.63, 3.8) is 0 Å². The van der Waals surface area contributed by atoms with E-state index in [9.17, 15) is 28.8 Å². The first kappa shape index (κ1) is 21.9. The lowest BCUT2D eigenvalue weighted by atomic mass is 9.61. The zero-order chi connectivity index (χ0) is 21.2. The maximum Gasteiger partial charge on any atom is 0.321 e. The summed E-state index contributed by atoms with van der Waals surface area (Å²) < 4.78 is 5.15. The Morgan fingerprint density at radius 3 is 2.18 bits per heavy atom. The fraction of sp³-hybridized carbons (Fsp3) is 0.619. The molecule has 3 atom stereocenters. The number of rotatable bonds is 7. The fourth-order valence-corrected chi connectivity index (χ4v) is 3.72. The zero-order valence-corrected chi connectivity index (χ0v) is 16.7. The molecule has 0 aromatic rings. The Bertz CT molecular complexity index is 772. The van der Waals surface area contributed by atoms with Crippen LogP contribution in [0.2, 0.25) is 0 Å². The predicted molar refractivity (Wildman–Crippen MR) is 97.9 cm³/mol. The second-order valence-electron chi connectivity index (χ2n) is 7.93. The van der Waals surface area contributed by atoms with Gasteiger partial charge in [0.25, 0.3) is 0 Å². The monoisotopic (exact) mass is 390 g/mol. The molecule has 2 aliphatic rings. The number of esters is 1. The molecule has 0 radical (unpaired) electrons. The first-order valence-corrected chi connectivity index (χ1v) is 9.67. The fourth-order valence-electron chi connectivity index (χ4n) is 3.72. The number of ether oxygens (including phenoxy) is 1. The Labute approximate surface area is 163 Å². The number of carbonyl (C=O) groups is 6. The van der Waals surface area contributed by atoms with Gasteiger partial charge >= 0.3 is 5.97 Å². The van der Waals surface area contributed by atoms with E-state index in [-0.39, 0.29) is 18.6 Å². The first-order chi connectivity index (χ1) is 13.1. The molecule has 0 aromatic carbocycles. The van der Waals surface area contributed by atoms with E-state index >= 15 is 0 Å². The molecule has 0 aromatic heterocycles. The van der Waals surface area contributed by atoms with E-state index in [2.05, 4.69) is 0 Å². The molecule has 7 heteroatoms. The SMILES string of the molecule is CCCC(=O)[C@H]1C(=O)[C@H](C[C@H]2C(=O)C=C(CCC)OC2=O)C(=O)C(C)(C)C1=O. The molecule has 7 nitrogen and oxygen atoms in total. The van der Waals surface area contributed by atoms with Crippen molar-refractivity contribution >= 4 is 34.9 Å². The van der Waals surface area contributed by atoms with Crippen LogP contribution in [0.3, 0.4) is 0 Å². The quantitative estimate of drug-likeness (QED) is 0.483. The Kier molecular flexibility index (Phi) is 6.47. The molecular weight excluding hydrogens is 364 g/mol. The first-order valence-electron chi connectivity index (χ1n) is 9.67. The van der Waals surface area contributed by atoms with Crippen molar-refractivity contribution in [2.75, 3.05) is 0 Å². The number of allylic oxidation sites excluding steroid dienone is 2. The van der Waals surface area contributed by atoms with Gasteiger partial charge in [-0.1, -0.05) is 13.8 Å². The van der Waals surface area contributed by atoms with Crippen LogP contribution in [-0.2, 0) is 33.5 Å². The van der Waals surface area contributed by atoms with Crippen LogP contribution in [0.25, 0.3) is 0 Å². The predicted octanol–water partition coefficient (Wildman–Crippen LogP) is 2.15. The van der Waals surface area contributed by atoms with Crippen LogP contribution in [0.4, 0.5) is 0 Å². The van der Waals surface area contributed by atoms with Gasteiger partial charge in [-0.25, -0.2) is 0 Å². The van der Waals surface area contributed by atoms with E-state index in [4.69, 9.17) is 4.74 Å². The van der Waals surface area contributed by atoms with Gasteiger partial charge in [-0.05, 0) is 33.1 Å². The molecular formula is C21H26O7. The summed E-state index contributed by atoms with van der Waals surface area (Å²) in [6, 6.07) is 0. The minimum Gasteiger partial charge on any atom is -0.430 e. The van der Waals surface area contributed by atoms with Crippen molar-refractivity contribution in [3.8, 4) is 0 Å². The van der Waals surface area contributed by atoms with E-state index < -0.39 is 58.1 Å². The highest BCUT2D eigenvalue weighted by molar-refractivity contribution is 6.33. The van der Waals surface area contributed by atoms with Gasteiger partial charge in [-0.15, -0.1) is 0 Å². The molecule has 1 heterocycles. The summed E-state index contributed by atoms with van der Waals surface area (Å²) in [5, 5.41) is 0. The molecule has 1 saturated carbocycles. The summed E-state index contributed by atoms with van der Waals surface area (Å²) in [6.07, 6.45) is 2.48. The van der Waals surface area contributed by atoms with Crippen molar-refractivity contribution < 1.29 is 33.5 Å². The third-order valence-corrected chi connectivity index (χ3v) is 5.39. The van der Waals surface area contributed by atoms with Crippen LogP contribution in [0.5, 0.6) is 0 Å². The summed E-state index contributed by atoms with van der Waals surface area (Å²) in [4.78, 5) is 75.4. The van der Waals surface area contributed by atoms with Gasteiger partial charge in [0.15, 0.2) is 28.9 Å². The lowest BCUT2D eigenvalue weighted by molar-refractivity contribution is -0.158. The van der Waals surface area contributed by atoms with Crippen molar-refractivity contribution in [1.29, 1.82) is 0 Å². The van der Waals surface area contributed by atoms with Crippen molar-refractivity contribution in [1.82, 2.24) is 0 Å². The maximum atomic E-state index is 12.9. The third kappa shape index (κ3) is 3.88. The van der Waals surface area contributed by atoms with Gasteiger partial charge in [-0.3, -0.25) is 28.8 Å². The topological polar surface area (TPSA) is 112 Å². The molecule has 1 aliphatic carbocycles. The molecule has 0 bridgehead atoms. The number of cyclic esters (lactones) is 1. The highest BCUT2D eigenvalue weighted by atomic mass is 16.5. The summed E-state index contributed by atoms with van der Waals surface area (Å²) >= 11 is 0. The molecule has 0 amide bonds. The highest BCUT2D eigenvalue weighted by Crippen LogP contribution is 2.38. The van der Waals surface area contributed by atoms with Gasteiger partial charge in [-0.2, -0.15) is 0 Å². The molecule has 0 spiro atoms. The van der Waals surface area contributed by atoms with Crippen LogP contribution < -0.4 is 0 Å². The lowest BCUT2D eigenvalue weighted by Gasteiger charge is -2.36. The smallest absolute Gasteiger partial charge is 0.321 e. The molecule has 0 saturated heterocycles. The Morgan fingerprint density at radius 1 is 1.00 bits per heavy atom. The average molecular weight is 390 g/mol. The number of carbonyl (C=O) groups excluding carboxylic acids is 6. The van der Waals surface area contributed by atoms with Crippen LogP contribution in [0.15, 0.2) is 11.8 Å². The molecule has 1 fully saturated rings. The van der Waals surface area contributed by atoms with Crippen molar-refractivity contribution in [2.24, 2.45) is 23.2 Å². The minimum atomic E-state index is -1.53. The highest BCUT2D eigenvalue weighted by Gasteiger charge is 2.56. The van der Waals surface area contributed by atoms with E-state index in [1.807, 2.05) is 6.92 Å². The summed E-state index contributed by atoms with van der Waals surface area (Å²) in [6.45, 7) is 6.38. The number of Topliss-reactive ketones (excluding diaryl/α,β-unsaturated/α-hetero) is 4. The standard InChI is InChI=1S/C21H26O7/c1-5-7-11-9-15(23)12(20(27)28-11)10-13-17(24)16(14(22)8-6-2)19(26)21(3,4)18(13)25/h9,12-13,16H,5-8,10H2,1-4H3/t12-,13-,16-/m0/s1. The number of ketones is 5. The largest absolute Gasteiger partial charge is 0.430 e. The summed E-state index contributed by atoms with van der Waals surface area (Å²) in [5.74, 6) is -7.92. The molecule has 0 N–H and O–H groups in total. The number of hydrogen-bond donors (Lipinski definition) is 0. The van der Waals surface area contributed by atoms with Crippen LogP contribution in [0.1, 0.15) is 59.8 Å². The van der Waals surface area contributed by atoms with E-state index in [1.165, 1.54) is 19.9 Å². The van der Waals surface area contributed by atoms with E-state index in [1.54, 1.807) is 6.92 Å². The number of hydrogen-bond acceptors (Lipinski definition) is 7. The van der Waals surface area contributed by atoms with Gasteiger partial charge < -0.3 is 4.74 Å². The van der Waals surface area contributed by atoms with Gasteiger partial charge in [0, 0.05) is 18.9 Å². The van der Waals surface area contributed by atoms with Crippen molar-refractivity contribution in [2.45, 2.75) is 59.8 Å². The van der Waals surface area contributed by atoms with E-state index in [0.29, 0.717) is 19.3 Å². The van der Waals surface area contributed by atoms with Crippen LogP contribution in [0, 0.1) is 23.2 Å². The summed E-state index contributed by atoms with van der Waals surface area (Å²) in [7, 11) is 0. The normalized spacial score (nSPS) is 27.5. The van der Waals surface area contributed by atoms with Crippen molar-refractivity contribution in [3.05, 3.63) is 11.8 Å². The molecule has 2 rings (SSSR count). The Hall–Kier alpha value is -2.44. The third-order valence-electron chi connectivity index (χ3n) is 5.39. The lowest BCUT2D eigenvalue weighted by Crippen LogP contribution is -2.56. The molecule has 152 valence electrons. The molecule has 28 heavy (non-hydrogen) atoms. The Balaban J connectivity index is 2.33. The molecule has 1 aliphatic heterocycles. The molecule has 0 unspecified atom stereocenters.